The van der Waals surface area contributed by atoms with E-state index >= 15 is 0 Å². The summed E-state index contributed by atoms with van der Waals surface area (Å²) in [6.07, 6.45) is 1.47. The minimum absolute atomic E-state index is 0.223. The number of hydrogen-bond donors (Lipinski definition) is 1. The first-order valence-corrected chi connectivity index (χ1v) is 6.71. The van der Waals surface area contributed by atoms with E-state index in [9.17, 15) is 4.79 Å². The zero-order chi connectivity index (χ0) is 14.9. The van der Waals surface area contributed by atoms with Crippen molar-refractivity contribution in [3.05, 3.63) is 28.6 Å². The first-order valence-electron chi connectivity index (χ1n) is 6.33. The van der Waals surface area contributed by atoms with Crippen LogP contribution in [0.15, 0.2) is 6.33 Å². The average Bonchev–Trinajstić information content (AvgIpc) is 2.99. The fourth-order valence-electron chi connectivity index (χ4n) is 1.91. The number of rotatable bonds is 4. The quantitative estimate of drug-likeness (QED) is 0.927. The van der Waals surface area contributed by atoms with E-state index in [2.05, 4.69) is 20.5 Å². The summed E-state index contributed by atoms with van der Waals surface area (Å²) in [5.41, 5.74) is 0.974. The summed E-state index contributed by atoms with van der Waals surface area (Å²) < 4.78 is 3.31. The monoisotopic (exact) mass is 296 g/mol. The molecule has 2 aromatic rings. The number of halogens is 1. The van der Waals surface area contributed by atoms with Crippen molar-refractivity contribution >= 4 is 17.5 Å². The van der Waals surface area contributed by atoms with Gasteiger partial charge in [-0.1, -0.05) is 11.6 Å². The van der Waals surface area contributed by atoms with Crippen LogP contribution in [0.1, 0.15) is 41.9 Å². The van der Waals surface area contributed by atoms with Crippen LogP contribution in [-0.2, 0) is 13.6 Å². The van der Waals surface area contributed by atoms with E-state index in [1.807, 2.05) is 20.8 Å². The zero-order valence-electron chi connectivity index (χ0n) is 11.9. The Morgan fingerprint density at radius 1 is 1.55 bits per heavy atom. The third-order valence-corrected chi connectivity index (χ3v) is 3.61. The standard InChI is InChI=1S/C12H17ClN6O/c1-5-19-11(14-6-15-19)7(2)16-12(20)10-9(13)8(3)18(4)17-10/h6-7H,5H2,1-4H3,(H,16,20)/t7-/m0/s1. The lowest BCUT2D eigenvalue weighted by Gasteiger charge is -2.13. The van der Waals surface area contributed by atoms with Crippen molar-refractivity contribution in [1.29, 1.82) is 0 Å². The molecule has 2 heterocycles. The molecule has 2 rings (SSSR count). The highest BCUT2D eigenvalue weighted by Gasteiger charge is 2.21. The Labute approximate surface area is 121 Å². The molecule has 0 unspecified atom stereocenters. The van der Waals surface area contributed by atoms with Crippen molar-refractivity contribution in [3.8, 4) is 0 Å². The molecule has 2 aromatic heterocycles. The maximum absolute atomic E-state index is 12.2. The summed E-state index contributed by atoms with van der Waals surface area (Å²) in [6.45, 7) is 6.31. The van der Waals surface area contributed by atoms with Crippen molar-refractivity contribution in [1.82, 2.24) is 29.9 Å². The van der Waals surface area contributed by atoms with E-state index in [1.165, 1.54) is 6.33 Å². The SMILES string of the molecule is CCn1ncnc1[C@H](C)NC(=O)c1nn(C)c(C)c1Cl. The van der Waals surface area contributed by atoms with E-state index in [4.69, 9.17) is 11.6 Å². The largest absolute Gasteiger partial charge is 0.341 e. The number of nitrogens with zero attached hydrogens (tertiary/aromatic N) is 5. The summed E-state index contributed by atoms with van der Waals surface area (Å²) in [7, 11) is 1.75. The minimum atomic E-state index is -0.322. The van der Waals surface area contributed by atoms with Crippen LogP contribution in [0.4, 0.5) is 0 Å². The number of amides is 1. The van der Waals surface area contributed by atoms with E-state index in [1.54, 1.807) is 16.4 Å². The lowest BCUT2D eigenvalue weighted by atomic mass is 10.2. The van der Waals surface area contributed by atoms with E-state index in [0.717, 1.165) is 5.69 Å². The van der Waals surface area contributed by atoms with Crippen LogP contribution in [0.2, 0.25) is 5.02 Å². The van der Waals surface area contributed by atoms with Gasteiger partial charge in [0.15, 0.2) is 5.69 Å². The van der Waals surface area contributed by atoms with Gasteiger partial charge in [-0.25, -0.2) is 9.67 Å². The van der Waals surface area contributed by atoms with Crippen molar-refractivity contribution in [3.63, 3.8) is 0 Å². The fourth-order valence-corrected chi connectivity index (χ4v) is 2.15. The molecular formula is C12H17ClN6O. The Balaban J connectivity index is 2.17. The predicted molar refractivity (Wildman–Crippen MR) is 74.5 cm³/mol. The summed E-state index contributed by atoms with van der Waals surface area (Å²) in [6, 6.07) is -0.275. The maximum Gasteiger partial charge on any atom is 0.273 e. The highest BCUT2D eigenvalue weighted by Crippen LogP contribution is 2.20. The van der Waals surface area contributed by atoms with E-state index < -0.39 is 0 Å². The molecule has 0 aliphatic carbocycles. The van der Waals surface area contributed by atoms with Crippen LogP contribution in [0.25, 0.3) is 0 Å². The van der Waals surface area contributed by atoms with Gasteiger partial charge in [-0.3, -0.25) is 9.48 Å². The number of aromatic nitrogens is 5. The number of carbonyl (C=O) groups is 1. The molecule has 0 aliphatic heterocycles. The van der Waals surface area contributed by atoms with Crippen LogP contribution >= 0.6 is 11.6 Å². The second-order valence-electron chi connectivity index (χ2n) is 4.50. The van der Waals surface area contributed by atoms with Gasteiger partial charge in [0, 0.05) is 13.6 Å². The van der Waals surface area contributed by atoms with Gasteiger partial charge in [-0.2, -0.15) is 10.2 Å². The second-order valence-corrected chi connectivity index (χ2v) is 4.88. The van der Waals surface area contributed by atoms with Gasteiger partial charge >= 0.3 is 0 Å². The molecule has 0 spiro atoms. The lowest BCUT2D eigenvalue weighted by Crippen LogP contribution is -2.29. The molecule has 0 radical (unpaired) electrons. The Morgan fingerprint density at radius 2 is 2.25 bits per heavy atom. The zero-order valence-corrected chi connectivity index (χ0v) is 12.6. The van der Waals surface area contributed by atoms with Gasteiger partial charge < -0.3 is 5.32 Å². The van der Waals surface area contributed by atoms with Crippen LogP contribution in [0, 0.1) is 6.92 Å². The minimum Gasteiger partial charge on any atom is -0.341 e. The molecule has 0 bridgehead atoms. The Hall–Kier alpha value is -1.89. The van der Waals surface area contributed by atoms with Gasteiger partial charge in [0.25, 0.3) is 5.91 Å². The lowest BCUT2D eigenvalue weighted by molar-refractivity contribution is 0.0932. The van der Waals surface area contributed by atoms with Crippen LogP contribution in [0.3, 0.4) is 0 Å². The first kappa shape index (κ1) is 14.5. The average molecular weight is 297 g/mol. The normalized spacial score (nSPS) is 12.4. The van der Waals surface area contributed by atoms with Gasteiger partial charge in [-0.05, 0) is 20.8 Å². The smallest absolute Gasteiger partial charge is 0.273 e. The third-order valence-electron chi connectivity index (χ3n) is 3.16. The first-order chi connectivity index (χ1) is 9.45. The molecular weight excluding hydrogens is 280 g/mol. The predicted octanol–water partition coefficient (Wildman–Crippen LogP) is 1.48. The molecule has 0 saturated heterocycles. The molecule has 20 heavy (non-hydrogen) atoms. The van der Waals surface area contributed by atoms with Crippen molar-refractivity contribution in [2.24, 2.45) is 7.05 Å². The maximum atomic E-state index is 12.2. The summed E-state index contributed by atoms with van der Waals surface area (Å²) in [5, 5.41) is 11.4. The fraction of sp³-hybridized carbons (Fsp3) is 0.500. The molecule has 1 atom stereocenters. The number of hydrogen-bond acceptors (Lipinski definition) is 4. The Bertz CT molecular complexity index is 632. The number of aryl methyl sites for hydroxylation is 2. The van der Waals surface area contributed by atoms with Crippen molar-refractivity contribution in [2.75, 3.05) is 0 Å². The van der Waals surface area contributed by atoms with Gasteiger partial charge in [0.05, 0.1) is 16.8 Å². The van der Waals surface area contributed by atoms with Crippen molar-refractivity contribution < 1.29 is 4.79 Å². The molecule has 0 aliphatic rings. The van der Waals surface area contributed by atoms with Crippen LogP contribution < -0.4 is 5.32 Å². The second kappa shape index (κ2) is 5.62. The molecule has 7 nitrogen and oxygen atoms in total. The number of nitrogens with one attached hydrogen (secondary N) is 1. The Kier molecular flexibility index (Phi) is 4.08. The van der Waals surface area contributed by atoms with Crippen molar-refractivity contribution in [2.45, 2.75) is 33.4 Å². The molecule has 1 amide bonds. The highest BCUT2D eigenvalue weighted by molar-refractivity contribution is 6.34. The summed E-state index contributed by atoms with van der Waals surface area (Å²) in [5.74, 6) is 0.376. The third kappa shape index (κ3) is 2.53. The van der Waals surface area contributed by atoms with E-state index in [-0.39, 0.29) is 17.6 Å². The topological polar surface area (TPSA) is 77.6 Å². The molecule has 1 N–H and O–H groups in total. The summed E-state index contributed by atoms with van der Waals surface area (Å²) in [4.78, 5) is 16.4. The van der Waals surface area contributed by atoms with Gasteiger partial charge in [-0.15, -0.1) is 0 Å². The van der Waals surface area contributed by atoms with E-state index in [0.29, 0.717) is 17.4 Å². The van der Waals surface area contributed by atoms with Gasteiger partial charge in [0.1, 0.15) is 12.2 Å². The molecule has 0 aromatic carbocycles. The Morgan fingerprint density at radius 3 is 2.80 bits per heavy atom. The molecule has 0 fully saturated rings. The molecule has 108 valence electrons. The molecule has 0 saturated carbocycles. The number of carbonyl (C=O) groups excluding carboxylic acids is 1. The molecule has 8 heteroatoms. The summed E-state index contributed by atoms with van der Waals surface area (Å²) >= 11 is 6.10. The van der Waals surface area contributed by atoms with Crippen LogP contribution in [-0.4, -0.2) is 30.5 Å². The highest BCUT2D eigenvalue weighted by atomic mass is 35.5. The van der Waals surface area contributed by atoms with Crippen LogP contribution in [0.5, 0.6) is 0 Å². The van der Waals surface area contributed by atoms with Gasteiger partial charge in [0.2, 0.25) is 0 Å².